The van der Waals surface area contributed by atoms with Crippen molar-refractivity contribution in [2.75, 3.05) is 26.2 Å². The van der Waals surface area contributed by atoms with E-state index in [2.05, 4.69) is 17.1 Å². The van der Waals surface area contributed by atoms with Gasteiger partial charge in [-0.3, -0.25) is 4.90 Å². The molecule has 0 unspecified atom stereocenters. The van der Waals surface area contributed by atoms with Crippen LogP contribution in [0.3, 0.4) is 0 Å². The molecule has 1 atom stereocenters. The van der Waals surface area contributed by atoms with Gasteiger partial charge >= 0.3 is 0 Å². The number of hydrogen-bond acceptors (Lipinski definition) is 3. The summed E-state index contributed by atoms with van der Waals surface area (Å²) in [6.07, 6.45) is 0.949. The van der Waals surface area contributed by atoms with Gasteiger partial charge in [0.05, 0.1) is 0 Å². The summed E-state index contributed by atoms with van der Waals surface area (Å²) < 4.78 is 13.4. The zero-order valence-corrected chi connectivity index (χ0v) is 12.6. The number of halogens is 3. The lowest BCUT2D eigenvalue weighted by molar-refractivity contribution is 0.169. The Balaban J connectivity index is 0.00000162. The van der Waals surface area contributed by atoms with Crippen molar-refractivity contribution in [1.29, 1.82) is 0 Å². The van der Waals surface area contributed by atoms with E-state index in [1.807, 2.05) is 6.07 Å². The van der Waals surface area contributed by atoms with E-state index < -0.39 is 5.82 Å². The minimum absolute atomic E-state index is 0. The van der Waals surface area contributed by atoms with Gasteiger partial charge in [0.2, 0.25) is 0 Å². The third-order valence-electron chi connectivity index (χ3n) is 3.34. The second-order valence-electron chi connectivity index (χ2n) is 4.42. The molecule has 2 N–H and O–H groups in total. The Kier molecular flexibility index (Phi) is 8.34. The third-order valence-corrected chi connectivity index (χ3v) is 3.34. The molecule has 1 aliphatic rings. The molecule has 0 amide bonds. The summed E-state index contributed by atoms with van der Waals surface area (Å²) in [5.74, 6) is -0.806. The Hall–Kier alpha value is -0.550. The molecule has 0 radical (unpaired) electrons. The predicted octanol–water partition coefficient (Wildman–Crippen LogP) is 2.73. The highest BCUT2D eigenvalue weighted by atomic mass is 35.5. The van der Waals surface area contributed by atoms with Crippen molar-refractivity contribution in [3.05, 3.63) is 29.6 Å². The van der Waals surface area contributed by atoms with Crippen LogP contribution in [0.2, 0.25) is 0 Å². The quantitative estimate of drug-likeness (QED) is 0.901. The van der Waals surface area contributed by atoms with Crippen LogP contribution in [-0.4, -0.2) is 36.2 Å². The van der Waals surface area contributed by atoms with Gasteiger partial charge in [-0.05, 0) is 24.1 Å². The van der Waals surface area contributed by atoms with Crippen LogP contribution < -0.4 is 5.32 Å². The first-order chi connectivity index (χ1) is 8.22. The molecule has 3 nitrogen and oxygen atoms in total. The molecule has 0 saturated carbocycles. The van der Waals surface area contributed by atoms with Gasteiger partial charge < -0.3 is 10.4 Å². The minimum Gasteiger partial charge on any atom is -0.505 e. The second-order valence-corrected chi connectivity index (χ2v) is 4.42. The molecule has 19 heavy (non-hydrogen) atoms. The summed E-state index contributed by atoms with van der Waals surface area (Å²) in [4.78, 5) is 2.36. The average Bonchev–Trinajstić information content (AvgIpc) is 2.36. The fraction of sp³-hybridized carbons (Fsp3) is 0.538. The first kappa shape index (κ1) is 18.4. The molecule has 1 aliphatic heterocycles. The average molecular weight is 311 g/mol. The van der Waals surface area contributed by atoms with Crippen LogP contribution in [0, 0.1) is 5.82 Å². The molecule has 2 rings (SSSR count). The Labute approximate surface area is 126 Å². The fourth-order valence-corrected chi connectivity index (χ4v) is 2.43. The Morgan fingerprint density at radius 3 is 2.47 bits per heavy atom. The summed E-state index contributed by atoms with van der Waals surface area (Å²) >= 11 is 0. The normalized spacial score (nSPS) is 17.2. The minimum atomic E-state index is -0.531. The SMILES string of the molecule is CC[C@@H](c1ccc(O)c(F)c1)N1CCNCC1.Cl.Cl. The van der Waals surface area contributed by atoms with E-state index in [1.54, 1.807) is 0 Å². The van der Waals surface area contributed by atoms with Crippen LogP contribution in [0.5, 0.6) is 5.75 Å². The van der Waals surface area contributed by atoms with Gasteiger partial charge in [0.1, 0.15) is 0 Å². The van der Waals surface area contributed by atoms with Crippen molar-refractivity contribution in [3.8, 4) is 5.75 Å². The number of rotatable bonds is 3. The largest absolute Gasteiger partial charge is 0.505 e. The number of hydrogen-bond donors (Lipinski definition) is 2. The zero-order chi connectivity index (χ0) is 12.3. The van der Waals surface area contributed by atoms with Crippen molar-refractivity contribution < 1.29 is 9.50 Å². The highest BCUT2D eigenvalue weighted by Gasteiger charge is 2.21. The van der Waals surface area contributed by atoms with Gasteiger partial charge in [-0.2, -0.15) is 0 Å². The van der Waals surface area contributed by atoms with Gasteiger partial charge in [-0.1, -0.05) is 13.0 Å². The van der Waals surface area contributed by atoms with E-state index in [4.69, 9.17) is 0 Å². The fourth-order valence-electron chi connectivity index (χ4n) is 2.43. The van der Waals surface area contributed by atoms with E-state index in [1.165, 1.54) is 12.1 Å². The number of aromatic hydroxyl groups is 1. The van der Waals surface area contributed by atoms with Crippen molar-refractivity contribution in [2.24, 2.45) is 0 Å². The molecular weight excluding hydrogens is 290 g/mol. The van der Waals surface area contributed by atoms with Crippen LogP contribution in [0.4, 0.5) is 4.39 Å². The van der Waals surface area contributed by atoms with E-state index in [0.29, 0.717) is 0 Å². The van der Waals surface area contributed by atoms with E-state index in [0.717, 1.165) is 38.2 Å². The number of benzene rings is 1. The van der Waals surface area contributed by atoms with Gasteiger partial charge in [0.15, 0.2) is 11.6 Å². The van der Waals surface area contributed by atoms with Crippen LogP contribution in [0.25, 0.3) is 0 Å². The van der Waals surface area contributed by atoms with Crippen molar-refractivity contribution >= 4 is 24.8 Å². The predicted molar refractivity (Wildman–Crippen MR) is 80.0 cm³/mol. The number of nitrogens with one attached hydrogen (secondary N) is 1. The van der Waals surface area contributed by atoms with Crippen molar-refractivity contribution in [2.45, 2.75) is 19.4 Å². The molecule has 1 heterocycles. The topological polar surface area (TPSA) is 35.5 Å². The van der Waals surface area contributed by atoms with Crippen LogP contribution in [-0.2, 0) is 0 Å². The monoisotopic (exact) mass is 310 g/mol. The van der Waals surface area contributed by atoms with Crippen molar-refractivity contribution in [3.63, 3.8) is 0 Å². The highest BCUT2D eigenvalue weighted by molar-refractivity contribution is 5.85. The summed E-state index contributed by atoms with van der Waals surface area (Å²) in [5.41, 5.74) is 0.949. The molecule has 1 aromatic rings. The smallest absolute Gasteiger partial charge is 0.165 e. The molecular formula is C13H21Cl2FN2O. The molecule has 110 valence electrons. The maximum absolute atomic E-state index is 13.4. The number of nitrogens with zero attached hydrogens (tertiary/aromatic N) is 1. The van der Waals surface area contributed by atoms with Crippen molar-refractivity contribution in [1.82, 2.24) is 10.2 Å². The summed E-state index contributed by atoms with van der Waals surface area (Å²) in [7, 11) is 0. The first-order valence-corrected chi connectivity index (χ1v) is 6.15. The van der Waals surface area contributed by atoms with Crippen LogP contribution in [0.15, 0.2) is 18.2 Å². The van der Waals surface area contributed by atoms with Crippen LogP contribution >= 0.6 is 24.8 Å². The summed E-state index contributed by atoms with van der Waals surface area (Å²) in [5, 5.41) is 12.5. The van der Waals surface area contributed by atoms with Gasteiger partial charge in [-0.25, -0.2) is 4.39 Å². The lowest BCUT2D eigenvalue weighted by Gasteiger charge is -2.34. The molecule has 0 spiro atoms. The summed E-state index contributed by atoms with van der Waals surface area (Å²) in [6.45, 7) is 6.05. The first-order valence-electron chi connectivity index (χ1n) is 6.15. The lowest BCUT2D eigenvalue weighted by Crippen LogP contribution is -2.45. The van der Waals surface area contributed by atoms with E-state index >= 15 is 0 Å². The van der Waals surface area contributed by atoms with Gasteiger partial charge in [-0.15, -0.1) is 24.8 Å². The molecule has 1 fully saturated rings. The number of phenols is 1. The third kappa shape index (κ3) is 4.49. The molecule has 0 aromatic heterocycles. The molecule has 0 aliphatic carbocycles. The Morgan fingerprint density at radius 2 is 1.95 bits per heavy atom. The Morgan fingerprint density at radius 1 is 1.32 bits per heavy atom. The number of phenolic OH excluding ortho intramolecular Hbond substituents is 1. The number of piperazine rings is 1. The second kappa shape index (κ2) is 8.59. The zero-order valence-electron chi connectivity index (χ0n) is 10.9. The van der Waals surface area contributed by atoms with E-state index in [9.17, 15) is 9.50 Å². The lowest BCUT2D eigenvalue weighted by atomic mass is 10.0. The molecule has 0 bridgehead atoms. The maximum Gasteiger partial charge on any atom is 0.165 e. The maximum atomic E-state index is 13.4. The Bertz CT molecular complexity index is 387. The van der Waals surface area contributed by atoms with Gasteiger partial charge in [0, 0.05) is 32.2 Å². The van der Waals surface area contributed by atoms with Gasteiger partial charge in [0.25, 0.3) is 0 Å². The van der Waals surface area contributed by atoms with Crippen LogP contribution in [0.1, 0.15) is 24.9 Å². The van der Waals surface area contributed by atoms with E-state index in [-0.39, 0.29) is 36.6 Å². The summed E-state index contributed by atoms with van der Waals surface area (Å²) in [6, 6.07) is 4.95. The molecule has 1 aromatic carbocycles. The standard InChI is InChI=1S/C13H19FN2O.2ClH/c1-2-12(16-7-5-15-6-8-16)10-3-4-13(17)11(14)9-10;;/h3-4,9,12,15,17H,2,5-8H2,1H3;2*1H/t12-;;/m0../s1. The molecule has 1 saturated heterocycles. The molecule has 6 heteroatoms. The highest BCUT2D eigenvalue weighted by Crippen LogP contribution is 2.27.